The van der Waals surface area contributed by atoms with Gasteiger partial charge in [-0.05, 0) is 57.7 Å². The van der Waals surface area contributed by atoms with Crippen LogP contribution in [0, 0.1) is 0 Å². The normalized spacial score (nSPS) is 17.0. The molecule has 1 aliphatic rings. The number of nitrogens with zero attached hydrogens (tertiary/aromatic N) is 1. The van der Waals surface area contributed by atoms with Crippen LogP contribution in [0.4, 0.5) is 4.79 Å². The fraction of sp³-hybridized carbons (Fsp3) is 0.600. The molecule has 2 amide bonds. The van der Waals surface area contributed by atoms with Crippen LogP contribution in [0.3, 0.4) is 0 Å². The van der Waals surface area contributed by atoms with E-state index in [9.17, 15) is 9.59 Å². The smallest absolute Gasteiger partial charge is 0.410 e. The van der Waals surface area contributed by atoms with E-state index in [1.807, 2.05) is 45.0 Å². The second-order valence-electron chi connectivity index (χ2n) is 7.87. The van der Waals surface area contributed by atoms with Gasteiger partial charge in [0.25, 0.3) is 0 Å². The molecule has 150 valence electrons. The third-order valence-corrected chi connectivity index (χ3v) is 4.52. The molecular formula is C20H30ClN3O3. The molecule has 0 saturated carbocycles. The number of ether oxygens (including phenoxy) is 1. The number of nitrogens with one attached hydrogen (secondary N) is 2. The largest absolute Gasteiger partial charge is 0.444 e. The van der Waals surface area contributed by atoms with Crippen molar-refractivity contribution in [3.05, 3.63) is 34.9 Å². The third kappa shape index (κ3) is 8.18. The molecule has 1 aromatic rings. The van der Waals surface area contributed by atoms with Crippen molar-refractivity contribution in [3.63, 3.8) is 0 Å². The van der Waals surface area contributed by atoms with Crippen molar-refractivity contribution >= 4 is 23.6 Å². The lowest BCUT2D eigenvalue weighted by molar-refractivity contribution is -0.120. The van der Waals surface area contributed by atoms with Gasteiger partial charge in [0.1, 0.15) is 5.60 Å². The highest BCUT2D eigenvalue weighted by Gasteiger charge is 2.29. The monoisotopic (exact) mass is 395 g/mol. The Labute approximate surface area is 166 Å². The highest BCUT2D eigenvalue weighted by molar-refractivity contribution is 6.30. The van der Waals surface area contributed by atoms with Crippen molar-refractivity contribution in [1.82, 2.24) is 15.5 Å². The summed E-state index contributed by atoms with van der Waals surface area (Å²) in [6.07, 6.45) is 2.31. The molecule has 1 aromatic carbocycles. The molecule has 7 heteroatoms. The van der Waals surface area contributed by atoms with Crippen molar-refractivity contribution in [2.75, 3.05) is 26.2 Å². The zero-order valence-corrected chi connectivity index (χ0v) is 17.1. The minimum absolute atomic E-state index is 0.0261. The summed E-state index contributed by atoms with van der Waals surface area (Å²) in [7, 11) is 0. The van der Waals surface area contributed by atoms with Gasteiger partial charge in [0.05, 0.1) is 6.54 Å². The zero-order chi connectivity index (χ0) is 19.9. The number of halogens is 1. The van der Waals surface area contributed by atoms with Crippen molar-refractivity contribution in [2.45, 2.75) is 51.7 Å². The number of amides is 2. The average molecular weight is 396 g/mol. The molecule has 1 heterocycles. The molecule has 1 unspecified atom stereocenters. The highest BCUT2D eigenvalue weighted by atomic mass is 35.5. The van der Waals surface area contributed by atoms with Crippen LogP contribution in [-0.4, -0.2) is 54.7 Å². The minimum atomic E-state index is -0.492. The van der Waals surface area contributed by atoms with Gasteiger partial charge in [0.15, 0.2) is 0 Å². The molecule has 1 fully saturated rings. The number of hydrogen-bond donors (Lipinski definition) is 2. The lowest BCUT2D eigenvalue weighted by atomic mass is 10.1. The Hall–Kier alpha value is -1.79. The van der Waals surface area contributed by atoms with E-state index >= 15 is 0 Å². The van der Waals surface area contributed by atoms with Gasteiger partial charge in [-0.2, -0.15) is 0 Å². The number of carbonyl (C=O) groups excluding carboxylic acids is 2. The maximum Gasteiger partial charge on any atom is 0.410 e. The molecule has 27 heavy (non-hydrogen) atoms. The Kier molecular flexibility index (Phi) is 7.92. The second-order valence-corrected chi connectivity index (χ2v) is 8.31. The lowest BCUT2D eigenvalue weighted by Gasteiger charge is -2.24. The van der Waals surface area contributed by atoms with E-state index in [-0.39, 0.29) is 24.6 Å². The molecule has 2 rings (SSSR count). The van der Waals surface area contributed by atoms with Crippen molar-refractivity contribution < 1.29 is 14.3 Å². The van der Waals surface area contributed by atoms with Crippen LogP contribution >= 0.6 is 11.6 Å². The summed E-state index contributed by atoms with van der Waals surface area (Å²) in [4.78, 5) is 25.7. The van der Waals surface area contributed by atoms with Crippen molar-refractivity contribution in [3.8, 4) is 0 Å². The fourth-order valence-corrected chi connectivity index (χ4v) is 3.02. The molecule has 6 nitrogen and oxygen atoms in total. The fourth-order valence-electron chi connectivity index (χ4n) is 2.89. The molecule has 0 aromatic heterocycles. The van der Waals surface area contributed by atoms with Crippen molar-refractivity contribution in [2.24, 2.45) is 0 Å². The molecule has 2 N–H and O–H groups in total. The van der Waals surface area contributed by atoms with Crippen LogP contribution in [0.15, 0.2) is 24.3 Å². The maximum absolute atomic E-state index is 12.0. The number of likely N-dealkylation sites (tertiary alicyclic amines) is 1. The summed E-state index contributed by atoms with van der Waals surface area (Å²) >= 11 is 5.86. The van der Waals surface area contributed by atoms with Gasteiger partial charge in [0.2, 0.25) is 5.91 Å². The van der Waals surface area contributed by atoms with Gasteiger partial charge in [-0.1, -0.05) is 23.7 Å². The number of hydrogen-bond acceptors (Lipinski definition) is 4. The molecule has 1 atom stereocenters. The number of aryl methyl sites for hydroxylation is 1. The summed E-state index contributed by atoms with van der Waals surface area (Å²) < 4.78 is 5.38. The van der Waals surface area contributed by atoms with Gasteiger partial charge in [-0.25, -0.2) is 4.79 Å². The van der Waals surface area contributed by atoms with Crippen LogP contribution in [0.5, 0.6) is 0 Å². The molecule has 0 bridgehead atoms. The first-order valence-electron chi connectivity index (χ1n) is 9.45. The van der Waals surface area contributed by atoms with E-state index in [1.165, 1.54) is 5.56 Å². The first kappa shape index (κ1) is 21.5. The van der Waals surface area contributed by atoms with Gasteiger partial charge in [-0.15, -0.1) is 0 Å². The third-order valence-electron chi connectivity index (χ3n) is 4.27. The van der Waals surface area contributed by atoms with E-state index in [2.05, 4.69) is 10.6 Å². The molecule has 0 radical (unpaired) electrons. The van der Waals surface area contributed by atoms with E-state index in [0.29, 0.717) is 19.6 Å². The quantitative estimate of drug-likeness (QED) is 0.696. The summed E-state index contributed by atoms with van der Waals surface area (Å²) in [5.41, 5.74) is 0.717. The Bertz CT molecular complexity index is 628. The van der Waals surface area contributed by atoms with Crippen LogP contribution in [0.2, 0.25) is 5.02 Å². The van der Waals surface area contributed by atoms with Crippen LogP contribution in [-0.2, 0) is 16.0 Å². The number of rotatable bonds is 7. The standard InChI is InChI=1S/C20H30ClN3O3/c1-20(2,3)27-19(26)24-12-10-17(14-24)23-13-18(25)22-11-4-5-15-6-8-16(21)9-7-15/h6-9,17,23H,4-5,10-14H2,1-3H3,(H,22,25). The number of benzene rings is 1. The summed E-state index contributed by atoms with van der Waals surface area (Å²) in [5, 5.41) is 6.87. The SMILES string of the molecule is CC(C)(C)OC(=O)N1CCC(NCC(=O)NCCCc2ccc(Cl)cc2)C1. The molecule has 1 saturated heterocycles. The summed E-state index contributed by atoms with van der Waals surface area (Å²) in [5.74, 6) is -0.0261. The van der Waals surface area contributed by atoms with Crippen LogP contribution in [0.1, 0.15) is 39.2 Å². The Morgan fingerprint density at radius 2 is 1.96 bits per heavy atom. The molecule has 0 aliphatic carbocycles. The van der Waals surface area contributed by atoms with Gasteiger partial charge in [-0.3, -0.25) is 4.79 Å². The Morgan fingerprint density at radius 1 is 1.26 bits per heavy atom. The lowest BCUT2D eigenvalue weighted by Crippen LogP contribution is -2.42. The predicted octanol–water partition coefficient (Wildman–Crippen LogP) is 2.99. The average Bonchev–Trinajstić information content (AvgIpc) is 3.06. The number of carbonyl (C=O) groups is 2. The first-order chi connectivity index (χ1) is 12.7. The topological polar surface area (TPSA) is 70.7 Å². The van der Waals surface area contributed by atoms with Crippen LogP contribution in [0.25, 0.3) is 0 Å². The first-order valence-corrected chi connectivity index (χ1v) is 9.83. The Morgan fingerprint density at radius 3 is 2.63 bits per heavy atom. The van der Waals surface area contributed by atoms with Crippen molar-refractivity contribution in [1.29, 1.82) is 0 Å². The molecule has 1 aliphatic heterocycles. The minimum Gasteiger partial charge on any atom is -0.444 e. The molecular weight excluding hydrogens is 366 g/mol. The molecule has 0 spiro atoms. The Balaban J connectivity index is 1.58. The van der Waals surface area contributed by atoms with E-state index in [0.717, 1.165) is 24.3 Å². The van der Waals surface area contributed by atoms with E-state index < -0.39 is 5.60 Å². The van der Waals surface area contributed by atoms with Crippen LogP contribution < -0.4 is 10.6 Å². The summed E-state index contributed by atoms with van der Waals surface area (Å²) in [6, 6.07) is 7.88. The highest BCUT2D eigenvalue weighted by Crippen LogP contribution is 2.15. The van der Waals surface area contributed by atoms with E-state index in [4.69, 9.17) is 16.3 Å². The van der Waals surface area contributed by atoms with E-state index in [1.54, 1.807) is 4.90 Å². The van der Waals surface area contributed by atoms with Gasteiger partial charge < -0.3 is 20.3 Å². The predicted molar refractivity (Wildman–Crippen MR) is 107 cm³/mol. The zero-order valence-electron chi connectivity index (χ0n) is 16.4. The second kappa shape index (κ2) is 9.95. The van der Waals surface area contributed by atoms with Gasteiger partial charge >= 0.3 is 6.09 Å². The summed E-state index contributed by atoms with van der Waals surface area (Å²) in [6.45, 7) is 7.68. The maximum atomic E-state index is 12.0. The van der Waals surface area contributed by atoms with Gasteiger partial charge in [0, 0.05) is 30.7 Å².